The van der Waals surface area contributed by atoms with Crippen molar-refractivity contribution in [2.75, 3.05) is 19.3 Å². The molecular formula is C21H26F4N2S. The van der Waals surface area contributed by atoms with E-state index in [1.807, 2.05) is 18.4 Å². The summed E-state index contributed by atoms with van der Waals surface area (Å²) in [6.07, 6.45) is 4.45. The topological polar surface area (TPSA) is 15.3 Å². The highest BCUT2D eigenvalue weighted by atomic mass is 32.2. The fourth-order valence-corrected chi connectivity index (χ4v) is 3.69. The molecule has 0 amide bonds. The number of halogens is 4. The minimum Gasteiger partial charge on any atom is -0.298 e. The van der Waals surface area contributed by atoms with E-state index in [-0.39, 0.29) is 5.82 Å². The highest BCUT2D eigenvalue weighted by Gasteiger charge is 2.21. The molecule has 2 aromatic rings. The number of nitrogens with zero attached hydrogens (tertiary/aromatic N) is 1. The molecule has 2 nitrogen and oxygen atoms in total. The SMILES string of the molecule is CSNCc1ccc(CN2CCCC(c3ccc(F)cc3)C2)cc1.FC(F)F. The first-order chi connectivity index (χ1) is 13.5. The molecule has 0 spiro atoms. The van der Waals surface area contributed by atoms with Crippen LogP contribution < -0.4 is 4.72 Å². The van der Waals surface area contributed by atoms with Crippen molar-refractivity contribution in [2.45, 2.75) is 38.5 Å². The molecule has 7 heteroatoms. The molecule has 1 atom stereocenters. The first-order valence-corrected chi connectivity index (χ1v) is 10.4. The zero-order chi connectivity index (χ0) is 20.4. The fraction of sp³-hybridized carbons (Fsp3) is 0.429. The van der Waals surface area contributed by atoms with Crippen LogP contribution in [0.4, 0.5) is 17.6 Å². The lowest BCUT2D eigenvalue weighted by molar-refractivity contribution is 0.00819. The Morgan fingerprint density at radius 3 is 2.25 bits per heavy atom. The standard InChI is InChI=1S/C20H25FN2S.CHF3/c1-24-22-13-16-4-6-17(7-5-16)14-23-12-2-3-19(15-23)18-8-10-20(21)11-9-18;2-1(3)4/h4-11,19,22H,2-3,12-15H2,1H3;1H. The van der Waals surface area contributed by atoms with Gasteiger partial charge in [-0.1, -0.05) is 48.3 Å². The zero-order valence-electron chi connectivity index (χ0n) is 15.9. The van der Waals surface area contributed by atoms with Crippen LogP contribution >= 0.6 is 11.9 Å². The van der Waals surface area contributed by atoms with Crippen molar-refractivity contribution < 1.29 is 17.6 Å². The Labute approximate surface area is 168 Å². The summed E-state index contributed by atoms with van der Waals surface area (Å²) in [7, 11) is 0. The summed E-state index contributed by atoms with van der Waals surface area (Å²) >= 11 is 1.65. The molecule has 0 aliphatic carbocycles. The summed E-state index contributed by atoms with van der Waals surface area (Å²) in [5.41, 5.74) is 3.94. The van der Waals surface area contributed by atoms with Gasteiger partial charge in [0, 0.05) is 19.6 Å². The number of nitrogens with one attached hydrogen (secondary N) is 1. The van der Waals surface area contributed by atoms with Crippen molar-refractivity contribution in [1.82, 2.24) is 9.62 Å². The van der Waals surface area contributed by atoms with Crippen LogP contribution in [0.3, 0.4) is 0 Å². The Bertz CT molecular complexity index is 677. The summed E-state index contributed by atoms with van der Waals surface area (Å²) < 4.78 is 45.4. The fourth-order valence-electron chi connectivity index (χ4n) is 3.38. The van der Waals surface area contributed by atoms with E-state index in [4.69, 9.17) is 0 Å². The quantitative estimate of drug-likeness (QED) is 0.479. The van der Waals surface area contributed by atoms with Gasteiger partial charge in [-0.25, -0.2) is 4.39 Å². The third-order valence-corrected chi connectivity index (χ3v) is 5.13. The summed E-state index contributed by atoms with van der Waals surface area (Å²) in [5.74, 6) is 0.367. The molecule has 1 heterocycles. The second-order valence-electron chi connectivity index (χ2n) is 6.71. The van der Waals surface area contributed by atoms with Gasteiger partial charge in [0.1, 0.15) is 5.82 Å². The average Bonchev–Trinajstić information content (AvgIpc) is 2.68. The molecule has 0 bridgehead atoms. The summed E-state index contributed by atoms with van der Waals surface area (Å²) in [6.45, 7) is 0.431. The van der Waals surface area contributed by atoms with Crippen LogP contribution in [0.25, 0.3) is 0 Å². The predicted molar refractivity (Wildman–Crippen MR) is 108 cm³/mol. The first-order valence-electron chi connectivity index (χ1n) is 9.21. The van der Waals surface area contributed by atoms with Gasteiger partial charge in [0.25, 0.3) is 0 Å². The van der Waals surface area contributed by atoms with Gasteiger partial charge in [-0.05, 0) is 60.4 Å². The molecule has 154 valence electrons. The van der Waals surface area contributed by atoms with Gasteiger partial charge in [0.15, 0.2) is 0 Å². The van der Waals surface area contributed by atoms with Crippen molar-refractivity contribution in [3.63, 3.8) is 0 Å². The number of piperidine rings is 1. The van der Waals surface area contributed by atoms with Crippen LogP contribution in [-0.4, -0.2) is 30.9 Å². The van der Waals surface area contributed by atoms with Crippen molar-refractivity contribution in [1.29, 1.82) is 0 Å². The molecule has 2 aromatic carbocycles. The molecule has 1 aliphatic heterocycles. The molecule has 1 N–H and O–H groups in total. The van der Waals surface area contributed by atoms with Crippen LogP contribution in [0, 0.1) is 5.82 Å². The van der Waals surface area contributed by atoms with E-state index in [1.54, 1.807) is 24.1 Å². The second kappa shape index (κ2) is 12.1. The van der Waals surface area contributed by atoms with Gasteiger partial charge in [-0.2, -0.15) is 13.2 Å². The molecule has 0 aromatic heterocycles. The Hall–Kier alpha value is -1.57. The van der Waals surface area contributed by atoms with Crippen LogP contribution in [-0.2, 0) is 13.1 Å². The van der Waals surface area contributed by atoms with Crippen molar-refractivity contribution >= 4 is 11.9 Å². The molecule has 1 aliphatic rings. The van der Waals surface area contributed by atoms with E-state index >= 15 is 0 Å². The zero-order valence-corrected chi connectivity index (χ0v) is 16.7. The Morgan fingerprint density at radius 2 is 1.64 bits per heavy atom. The average molecular weight is 415 g/mol. The van der Waals surface area contributed by atoms with E-state index < -0.39 is 6.68 Å². The van der Waals surface area contributed by atoms with Gasteiger partial charge in [-0.15, -0.1) is 0 Å². The van der Waals surface area contributed by atoms with Crippen LogP contribution in [0.15, 0.2) is 48.5 Å². The molecule has 0 radical (unpaired) electrons. The maximum atomic E-state index is 13.1. The van der Waals surface area contributed by atoms with Crippen LogP contribution in [0.5, 0.6) is 0 Å². The third-order valence-electron chi connectivity index (χ3n) is 4.70. The second-order valence-corrected chi connectivity index (χ2v) is 7.41. The molecule has 1 fully saturated rings. The molecular weight excluding hydrogens is 388 g/mol. The highest BCUT2D eigenvalue weighted by molar-refractivity contribution is 7.96. The van der Waals surface area contributed by atoms with Gasteiger partial charge in [0.05, 0.1) is 0 Å². The number of likely N-dealkylation sites (tertiary alicyclic amines) is 1. The van der Waals surface area contributed by atoms with E-state index in [0.717, 1.165) is 26.2 Å². The molecule has 28 heavy (non-hydrogen) atoms. The molecule has 1 unspecified atom stereocenters. The van der Waals surface area contributed by atoms with E-state index in [2.05, 4.69) is 33.9 Å². The summed E-state index contributed by atoms with van der Waals surface area (Å²) in [4.78, 5) is 2.52. The Kier molecular flexibility index (Phi) is 9.81. The number of hydrogen-bond donors (Lipinski definition) is 1. The first kappa shape index (κ1) is 22.7. The molecule has 1 saturated heterocycles. The van der Waals surface area contributed by atoms with E-state index in [1.165, 1.54) is 29.5 Å². The van der Waals surface area contributed by atoms with Gasteiger partial charge in [0.2, 0.25) is 0 Å². The number of alkyl halides is 3. The summed E-state index contributed by atoms with van der Waals surface area (Å²) in [6, 6.07) is 15.9. The van der Waals surface area contributed by atoms with Gasteiger partial charge < -0.3 is 0 Å². The molecule has 0 saturated carbocycles. The monoisotopic (exact) mass is 414 g/mol. The normalized spacial score (nSPS) is 17.3. The van der Waals surface area contributed by atoms with Crippen molar-refractivity contribution in [3.05, 3.63) is 71.0 Å². The van der Waals surface area contributed by atoms with Crippen molar-refractivity contribution in [3.8, 4) is 0 Å². The van der Waals surface area contributed by atoms with Gasteiger partial charge >= 0.3 is 6.68 Å². The molecule has 3 rings (SSSR count). The van der Waals surface area contributed by atoms with E-state index in [0.29, 0.717) is 5.92 Å². The Balaban J connectivity index is 0.000000640. The minimum atomic E-state index is -3.67. The highest BCUT2D eigenvalue weighted by Crippen LogP contribution is 2.27. The lowest BCUT2D eigenvalue weighted by Gasteiger charge is -2.33. The lowest BCUT2D eigenvalue weighted by Crippen LogP contribution is -2.33. The minimum absolute atomic E-state index is 0.150. The predicted octanol–water partition coefficient (Wildman–Crippen LogP) is 5.75. The maximum absolute atomic E-state index is 13.1. The largest absolute Gasteiger partial charge is 0.379 e. The summed E-state index contributed by atoms with van der Waals surface area (Å²) in [5, 5.41) is 0. The lowest BCUT2D eigenvalue weighted by atomic mass is 9.90. The Morgan fingerprint density at radius 1 is 1.04 bits per heavy atom. The van der Waals surface area contributed by atoms with Crippen molar-refractivity contribution in [2.24, 2.45) is 0 Å². The van der Waals surface area contributed by atoms with Crippen LogP contribution in [0.2, 0.25) is 0 Å². The number of rotatable bonds is 6. The van der Waals surface area contributed by atoms with E-state index in [9.17, 15) is 17.6 Å². The maximum Gasteiger partial charge on any atom is 0.379 e. The third kappa shape index (κ3) is 8.20. The van der Waals surface area contributed by atoms with Crippen LogP contribution in [0.1, 0.15) is 35.4 Å². The number of benzene rings is 2. The van der Waals surface area contributed by atoms with Gasteiger partial charge in [-0.3, -0.25) is 9.62 Å². The number of hydrogen-bond acceptors (Lipinski definition) is 3. The smallest absolute Gasteiger partial charge is 0.298 e.